The second kappa shape index (κ2) is 2.76. The van der Waals surface area contributed by atoms with Gasteiger partial charge >= 0.3 is 0 Å². The predicted octanol–water partition coefficient (Wildman–Crippen LogP) is 0.918. The monoisotopic (exact) mass is 156 g/mol. The third-order valence-corrected chi connectivity index (χ3v) is 3.13. The second-order valence-corrected chi connectivity index (χ2v) is 4.00. The number of rotatable bonds is 0. The van der Waals surface area contributed by atoms with Crippen LogP contribution in [0.25, 0.3) is 0 Å². The van der Waals surface area contributed by atoms with Gasteiger partial charge < -0.3 is 10.2 Å². The van der Waals surface area contributed by atoms with E-state index in [2.05, 4.69) is 0 Å². The van der Waals surface area contributed by atoms with Crippen molar-refractivity contribution in [3.63, 3.8) is 0 Å². The van der Waals surface area contributed by atoms with Crippen LogP contribution >= 0.6 is 0 Å². The first-order valence-corrected chi connectivity index (χ1v) is 4.65. The Kier molecular flexibility index (Phi) is 1.90. The molecule has 11 heavy (non-hydrogen) atoms. The Hall–Kier alpha value is -0.0800. The van der Waals surface area contributed by atoms with Crippen molar-refractivity contribution in [2.45, 2.75) is 44.3 Å². The Morgan fingerprint density at radius 2 is 1.73 bits per heavy atom. The van der Waals surface area contributed by atoms with E-state index in [1.807, 2.05) is 0 Å². The van der Waals surface area contributed by atoms with Gasteiger partial charge in [-0.3, -0.25) is 0 Å². The molecule has 0 amide bonds. The smallest absolute Gasteiger partial charge is 0.0829 e. The molecule has 2 rings (SSSR count). The van der Waals surface area contributed by atoms with Gasteiger partial charge in [0.1, 0.15) is 0 Å². The number of hydrogen-bond donors (Lipinski definition) is 2. The average molecular weight is 156 g/mol. The lowest BCUT2D eigenvalue weighted by Gasteiger charge is -2.20. The normalized spacial score (nSPS) is 50.7. The molecular weight excluding hydrogens is 140 g/mol. The summed E-state index contributed by atoms with van der Waals surface area (Å²) in [5.41, 5.74) is 0. The van der Waals surface area contributed by atoms with Crippen molar-refractivity contribution >= 4 is 0 Å². The van der Waals surface area contributed by atoms with E-state index in [0.29, 0.717) is 5.92 Å². The van der Waals surface area contributed by atoms with Crippen LogP contribution in [0, 0.1) is 11.8 Å². The molecule has 0 aromatic carbocycles. The summed E-state index contributed by atoms with van der Waals surface area (Å²) in [5.74, 6) is 1.17. The maximum absolute atomic E-state index is 9.54. The van der Waals surface area contributed by atoms with Crippen LogP contribution in [0.3, 0.4) is 0 Å². The first kappa shape index (κ1) is 7.56. The number of aliphatic hydroxyl groups is 2. The first-order chi connectivity index (χ1) is 5.29. The second-order valence-electron chi connectivity index (χ2n) is 4.00. The quantitative estimate of drug-likeness (QED) is 0.547. The highest BCUT2D eigenvalue weighted by Gasteiger charge is 2.44. The van der Waals surface area contributed by atoms with Crippen LogP contribution < -0.4 is 0 Å². The highest BCUT2D eigenvalue weighted by molar-refractivity contribution is 4.95. The van der Waals surface area contributed by atoms with Crippen LogP contribution in [-0.4, -0.2) is 22.4 Å². The average Bonchev–Trinajstić information content (AvgIpc) is 2.73. The lowest BCUT2D eigenvalue weighted by atomic mass is 9.96. The van der Waals surface area contributed by atoms with E-state index in [9.17, 15) is 10.2 Å². The third kappa shape index (κ3) is 1.42. The zero-order chi connectivity index (χ0) is 7.84. The molecule has 0 aromatic rings. The van der Waals surface area contributed by atoms with Crippen molar-refractivity contribution < 1.29 is 10.2 Å². The summed E-state index contributed by atoms with van der Waals surface area (Å²) in [4.78, 5) is 0. The van der Waals surface area contributed by atoms with Crippen LogP contribution in [0.2, 0.25) is 0 Å². The molecule has 0 saturated heterocycles. The van der Waals surface area contributed by atoms with Crippen molar-refractivity contribution in [3.05, 3.63) is 0 Å². The maximum Gasteiger partial charge on any atom is 0.0829 e. The van der Waals surface area contributed by atoms with Gasteiger partial charge in [0, 0.05) is 0 Å². The summed E-state index contributed by atoms with van der Waals surface area (Å²) in [6, 6.07) is 0. The van der Waals surface area contributed by atoms with Crippen LogP contribution in [0.4, 0.5) is 0 Å². The van der Waals surface area contributed by atoms with Crippen molar-refractivity contribution in [1.29, 1.82) is 0 Å². The molecule has 0 aromatic heterocycles. The van der Waals surface area contributed by atoms with Gasteiger partial charge in [0.25, 0.3) is 0 Å². The van der Waals surface area contributed by atoms with E-state index in [1.165, 1.54) is 12.8 Å². The summed E-state index contributed by atoms with van der Waals surface area (Å²) in [5, 5.41) is 19.0. The molecule has 2 fully saturated rings. The molecule has 0 aliphatic heterocycles. The van der Waals surface area contributed by atoms with Crippen LogP contribution in [-0.2, 0) is 0 Å². The molecule has 0 radical (unpaired) electrons. The fourth-order valence-corrected chi connectivity index (χ4v) is 2.24. The van der Waals surface area contributed by atoms with Crippen molar-refractivity contribution in [2.75, 3.05) is 0 Å². The third-order valence-electron chi connectivity index (χ3n) is 3.13. The van der Waals surface area contributed by atoms with E-state index < -0.39 is 12.2 Å². The summed E-state index contributed by atoms with van der Waals surface area (Å²) in [6.45, 7) is 0. The van der Waals surface area contributed by atoms with Crippen LogP contribution in [0.15, 0.2) is 0 Å². The molecule has 4 atom stereocenters. The van der Waals surface area contributed by atoms with Crippen molar-refractivity contribution in [1.82, 2.24) is 0 Å². The standard InChI is InChI=1S/C9H16O2/c10-8-4-2-1-3-6-5-7(6)9(8)11/h6-11H,1-5H2/t6-,7+,8-,9-/m0/s1. The number of aliphatic hydroxyl groups excluding tert-OH is 2. The summed E-state index contributed by atoms with van der Waals surface area (Å²) in [6.07, 6.45) is 4.69. The van der Waals surface area contributed by atoms with Gasteiger partial charge in [-0.2, -0.15) is 0 Å². The summed E-state index contributed by atoms with van der Waals surface area (Å²) in [7, 11) is 0. The highest BCUT2D eigenvalue weighted by atomic mass is 16.3. The molecule has 0 heterocycles. The van der Waals surface area contributed by atoms with Gasteiger partial charge in [-0.15, -0.1) is 0 Å². The summed E-state index contributed by atoms with van der Waals surface area (Å²) >= 11 is 0. The van der Waals surface area contributed by atoms with Gasteiger partial charge in [-0.25, -0.2) is 0 Å². The van der Waals surface area contributed by atoms with Crippen molar-refractivity contribution in [2.24, 2.45) is 11.8 Å². The minimum absolute atomic E-state index is 0.416. The van der Waals surface area contributed by atoms with Gasteiger partial charge in [-0.1, -0.05) is 19.3 Å². The Labute approximate surface area is 67.2 Å². The van der Waals surface area contributed by atoms with E-state index in [1.54, 1.807) is 0 Å². The van der Waals surface area contributed by atoms with E-state index in [4.69, 9.17) is 0 Å². The van der Waals surface area contributed by atoms with Crippen LogP contribution in [0.1, 0.15) is 32.1 Å². The molecule has 2 heteroatoms. The van der Waals surface area contributed by atoms with E-state index in [-0.39, 0.29) is 0 Å². The molecule has 2 saturated carbocycles. The van der Waals surface area contributed by atoms with Gasteiger partial charge in [0.05, 0.1) is 12.2 Å². The molecular formula is C9H16O2. The van der Waals surface area contributed by atoms with Gasteiger partial charge in [0.15, 0.2) is 0 Å². The molecule has 64 valence electrons. The van der Waals surface area contributed by atoms with Gasteiger partial charge in [-0.05, 0) is 24.7 Å². The van der Waals surface area contributed by atoms with Crippen LogP contribution in [0.5, 0.6) is 0 Å². The lowest BCUT2D eigenvalue weighted by molar-refractivity contribution is -0.00661. The zero-order valence-corrected chi connectivity index (χ0v) is 6.74. The molecule has 0 spiro atoms. The molecule has 2 aliphatic carbocycles. The largest absolute Gasteiger partial charge is 0.390 e. The SMILES string of the molecule is O[C@H]1[C@@H]2C[C@@H]2CCCC[C@@H]1O. The van der Waals surface area contributed by atoms with E-state index >= 15 is 0 Å². The highest BCUT2D eigenvalue weighted by Crippen LogP contribution is 2.47. The van der Waals surface area contributed by atoms with E-state index in [0.717, 1.165) is 25.2 Å². The fraction of sp³-hybridized carbons (Fsp3) is 1.00. The Morgan fingerprint density at radius 1 is 1.00 bits per heavy atom. The summed E-state index contributed by atoms with van der Waals surface area (Å²) < 4.78 is 0. The molecule has 2 nitrogen and oxygen atoms in total. The fourth-order valence-electron chi connectivity index (χ4n) is 2.24. The predicted molar refractivity (Wildman–Crippen MR) is 42.1 cm³/mol. The first-order valence-electron chi connectivity index (χ1n) is 4.65. The molecule has 2 N–H and O–H groups in total. The number of hydrogen-bond acceptors (Lipinski definition) is 2. The lowest BCUT2D eigenvalue weighted by Crippen LogP contribution is -2.29. The zero-order valence-electron chi connectivity index (χ0n) is 6.74. The number of fused-ring (bicyclic) bond motifs is 1. The minimum Gasteiger partial charge on any atom is -0.390 e. The van der Waals surface area contributed by atoms with Gasteiger partial charge in [0.2, 0.25) is 0 Å². The molecule has 2 aliphatic rings. The minimum atomic E-state index is -0.440. The molecule has 0 bridgehead atoms. The molecule has 0 unspecified atom stereocenters. The Balaban J connectivity index is 1.95. The Morgan fingerprint density at radius 3 is 2.55 bits per heavy atom. The maximum atomic E-state index is 9.54. The topological polar surface area (TPSA) is 40.5 Å². The Bertz CT molecular complexity index is 144. The van der Waals surface area contributed by atoms with Crippen molar-refractivity contribution in [3.8, 4) is 0 Å².